The highest BCUT2D eigenvalue weighted by Crippen LogP contribution is 2.35. The lowest BCUT2D eigenvalue weighted by Gasteiger charge is -2.07. The molecule has 4 aromatic rings. The quantitative estimate of drug-likeness (QED) is 0.483. The van der Waals surface area contributed by atoms with Crippen LogP contribution in [-0.2, 0) is 6.42 Å². The van der Waals surface area contributed by atoms with Gasteiger partial charge >= 0.3 is 0 Å². The van der Waals surface area contributed by atoms with Crippen molar-refractivity contribution in [2.75, 3.05) is 6.54 Å². The van der Waals surface area contributed by atoms with Crippen LogP contribution in [0.2, 0.25) is 0 Å². The number of aryl methyl sites for hydroxylation is 1. The number of amides is 1. The first-order valence-corrected chi connectivity index (χ1v) is 10.7. The normalized spacial score (nSPS) is 13.3. The molecule has 0 atom stereocenters. The van der Waals surface area contributed by atoms with Gasteiger partial charge in [-0.25, -0.2) is 9.07 Å². The zero-order valence-electron chi connectivity index (χ0n) is 17.7. The van der Waals surface area contributed by atoms with Gasteiger partial charge in [0, 0.05) is 30.8 Å². The molecule has 32 heavy (non-hydrogen) atoms. The maximum absolute atomic E-state index is 13.4. The van der Waals surface area contributed by atoms with Crippen LogP contribution < -0.4 is 5.32 Å². The number of benzene rings is 2. The Kier molecular flexibility index (Phi) is 5.26. The van der Waals surface area contributed by atoms with Gasteiger partial charge in [-0.15, -0.1) is 10.2 Å². The predicted octanol–water partition coefficient (Wildman–Crippen LogP) is 3.89. The predicted molar refractivity (Wildman–Crippen MR) is 118 cm³/mol. The van der Waals surface area contributed by atoms with Gasteiger partial charge in [-0.1, -0.05) is 29.8 Å². The van der Waals surface area contributed by atoms with E-state index in [1.807, 2.05) is 31.2 Å². The zero-order valence-corrected chi connectivity index (χ0v) is 17.7. The molecular weight excluding hydrogens is 407 g/mol. The first-order chi connectivity index (χ1) is 15.6. The summed E-state index contributed by atoms with van der Waals surface area (Å²) in [6, 6.07) is 14.4. The van der Waals surface area contributed by atoms with E-state index in [2.05, 4.69) is 25.2 Å². The first-order valence-electron chi connectivity index (χ1n) is 10.7. The highest BCUT2D eigenvalue weighted by Gasteiger charge is 2.26. The molecule has 1 saturated carbocycles. The lowest BCUT2D eigenvalue weighted by molar-refractivity contribution is 0.0954. The van der Waals surface area contributed by atoms with E-state index in [0.29, 0.717) is 36.0 Å². The van der Waals surface area contributed by atoms with Crippen LogP contribution >= 0.6 is 0 Å². The smallest absolute Gasteiger partial charge is 0.255 e. The fraction of sp³-hybridized carbons (Fsp3) is 0.250. The Bertz CT molecular complexity index is 1240. The van der Waals surface area contributed by atoms with Crippen molar-refractivity contribution in [3.63, 3.8) is 0 Å². The van der Waals surface area contributed by atoms with Crippen molar-refractivity contribution in [3.05, 3.63) is 83.8 Å². The van der Waals surface area contributed by atoms with Crippen LogP contribution in [0.3, 0.4) is 0 Å². The third-order valence-electron chi connectivity index (χ3n) is 5.60. The van der Waals surface area contributed by atoms with Crippen LogP contribution in [0.5, 0.6) is 0 Å². The molecule has 2 heterocycles. The number of rotatable bonds is 7. The van der Waals surface area contributed by atoms with Crippen molar-refractivity contribution in [1.82, 2.24) is 29.9 Å². The Morgan fingerprint density at radius 1 is 1.12 bits per heavy atom. The van der Waals surface area contributed by atoms with Gasteiger partial charge in [-0.05, 0) is 44.0 Å². The summed E-state index contributed by atoms with van der Waals surface area (Å²) in [4.78, 5) is 13.1. The number of nitrogens with one attached hydrogen (secondary N) is 1. The molecule has 1 aliphatic carbocycles. The average Bonchev–Trinajstić information content (AvgIpc) is 3.36. The Labute approximate surface area is 184 Å². The summed E-state index contributed by atoms with van der Waals surface area (Å²) >= 11 is 0. The molecule has 7 nitrogen and oxygen atoms in total. The van der Waals surface area contributed by atoms with Crippen molar-refractivity contribution in [3.8, 4) is 16.9 Å². The fourth-order valence-electron chi connectivity index (χ4n) is 3.68. The third kappa shape index (κ3) is 4.16. The Morgan fingerprint density at radius 2 is 1.88 bits per heavy atom. The molecule has 0 radical (unpaired) electrons. The Morgan fingerprint density at radius 3 is 2.59 bits per heavy atom. The first kappa shape index (κ1) is 20.1. The van der Waals surface area contributed by atoms with Gasteiger partial charge in [-0.3, -0.25) is 4.79 Å². The molecule has 0 bridgehead atoms. The molecular formula is C24H23FN6O. The van der Waals surface area contributed by atoms with Crippen LogP contribution in [0.1, 0.15) is 40.6 Å². The molecule has 2 aromatic carbocycles. The van der Waals surface area contributed by atoms with E-state index in [-0.39, 0.29) is 11.7 Å². The molecule has 1 fully saturated rings. The average molecular weight is 430 g/mol. The Hall–Kier alpha value is -3.81. The van der Waals surface area contributed by atoms with E-state index in [1.165, 1.54) is 12.1 Å². The zero-order chi connectivity index (χ0) is 22.1. The molecule has 0 saturated heterocycles. The van der Waals surface area contributed by atoms with Crippen LogP contribution in [0.15, 0.2) is 61.1 Å². The van der Waals surface area contributed by atoms with Gasteiger partial charge < -0.3 is 9.88 Å². The number of aromatic nitrogens is 5. The van der Waals surface area contributed by atoms with Crippen molar-refractivity contribution >= 4 is 5.91 Å². The monoisotopic (exact) mass is 430 g/mol. The van der Waals surface area contributed by atoms with Gasteiger partial charge in [0.1, 0.15) is 23.7 Å². The molecule has 1 N–H and O–H groups in total. The molecule has 5 rings (SSSR count). The molecule has 1 amide bonds. The summed E-state index contributed by atoms with van der Waals surface area (Å²) in [7, 11) is 0. The summed E-state index contributed by atoms with van der Waals surface area (Å²) in [5.74, 6) is 0.344. The van der Waals surface area contributed by atoms with Crippen molar-refractivity contribution < 1.29 is 9.18 Å². The van der Waals surface area contributed by atoms with Gasteiger partial charge in [0.2, 0.25) is 0 Å². The second-order valence-electron chi connectivity index (χ2n) is 8.07. The van der Waals surface area contributed by atoms with E-state index in [9.17, 15) is 9.18 Å². The lowest BCUT2D eigenvalue weighted by atomic mass is 10.1. The van der Waals surface area contributed by atoms with Crippen LogP contribution in [0.4, 0.5) is 4.39 Å². The maximum atomic E-state index is 13.4. The largest absolute Gasteiger partial charge is 0.351 e. The van der Waals surface area contributed by atoms with Gasteiger partial charge in [-0.2, -0.15) is 5.10 Å². The molecule has 2 aromatic heterocycles. The molecule has 162 valence electrons. The minimum absolute atomic E-state index is 0.216. The van der Waals surface area contributed by atoms with E-state index < -0.39 is 0 Å². The number of hydrogen-bond donors (Lipinski definition) is 1. The summed E-state index contributed by atoms with van der Waals surface area (Å²) < 4.78 is 17.0. The fourth-order valence-corrected chi connectivity index (χ4v) is 3.68. The third-order valence-corrected chi connectivity index (χ3v) is 5.60. The SMILES string of the molecule is Cc1ccc(-c2nn(-c3ccc(F)cc3)cc2C(=O)NCCc2nncn2C2CC2)cc1. The summed E-state index contributed by atoms with van der Waals surface area (Å²) in [5.41, 5.74) is 3.68. The summed E-state index contributed by atoms with van der Waals surface area (Å²) in [6.45, 7) is 2.45. The van der Waals surface area contributed by atoms with Crippen LogP contribution in [0, 0.1) is 12.7 Å². The number of nitrogens with zero attached hydrogens (tertiary/aromatic N) is 5. The standard InChI is InChI=1S/C24H23FN6O/c1-16-2-4-17(5-3-16)23-21(14-31(29-23)20-8-6-18(25)7-9-20)24(32)26-13-12-22-28-27-15-30(22)19-10-11-19/h2-9,14-15,19H,10-13H2,1H3,(H,26,32). The van der Waals surface area contributed by atoms with E-state index in [1.54, 1.807) is 29.3 Å². The second-order valence-corrected chi connectivity index (χ2v) is 8.07. The molecule has 8 heteroatoms. The van der Waals surface area contributed by atoms with Crippen molar-refractivity contribution in [2.45, 2.75) is 32.2 Å². The molecule has 0 aliphatic heterocycles. The summed E-state index contributed by atoms with van der Waals surface area (Å²) in [5, 5.41) is 15.8. The Balaban J connectivity index is 1.39. The second kappa shape index (κ2) is 8.37. The van der Waals surface area contributed by atoms with E-state index in [4.69, 9.17) is 0 Å². The van der Waals surface area contributed by atoms with Crippen LogP contribution in [-0.4, -0.2) is 37.0 Å². The van der Waals surface area contributed by atoms with Crippen molar-refractivity contribution in [1.29, 1.82) is 0 Å². The van der Waals surface area contributed by atoms with E-state index in [0.717, 1.165) is 29.8 Å². The topological polar surface area (TPSA) is 77.6 Å². The highest BCUT2D eigenvalue weighted by molar-refractivity contribution is 5.99. The van der Waals surface area contributed by atoms with Crippen LogP contribution in [0.25, 0.3) is 16.9 Å². The number of halogens is 1. The molecule has 0 unspecified atom stereocenters. The highest BCUT2D eigenvalue weighted by atomic mass is 19.1. The number of carbonyl (C=O) groups is 1. The lowest BCUT2D eigenvalue weighted by Crippen LogP contribution is -2.26. The molecule has 0 spiro atoms. The minimum Gasteiger partial charge on any atom is -0.351 e. The van der Waals surface area contributed by atoms with Gasteiger partial charge in [0.25, 0.3) is 5.91 Å². The van der Waals surface area contributed by atoms with Crippen molar-refractivity contribution in [2.24, 2.45) is 0 Å². The number of carbonyl (C=O) groups excluding carboxylic acids is 1. The maximum Gasteiger partial charge on any atom is 0.255 e. The van der Waals surface area contributed by atoms with Gasteiger partial charge in [0.05, 0.1) is 11.3 Å². The number of hydrogen-bond acceptors (Lipinski definition) is 4. The molecule has 1 aliphatic rings. The van der Waals surface area contributed by atoms with Gasteiger partial charge in [0.15, 0.2) is 0 Å². The van der Waals surface area contributed by atoms with E-state index >= 15 is 0 Å². The minimum atomic E-state index is -0.323. The summed E-state index contributed by atoms with van der Waals surface area (Å²) in [6.07, 6.45) is 6.36.